The van der Waals surface area contributed by atoms with E-state index in [-0.39, 0.29) is 23.3 Å². The molecule has 32 heavy (non-hydrogen) atoms. The lowest BCUT2D eigenvalue weighted by Gasteiger charge is -2.33. The summed E-state index contributed by atoms with van der Waals surface area (Å²) in [6.07, 6.45) is 2.19. The molecule has 1 amide bonds. The van der Waals surface area contributed by atoms with Crippen LogP contribution in [0, 0.1) is 19.8 Å². The van der Waals surface area contributed by atoms with Crippen molar-refractivity contribution in [1.29, 1.82) is 0 Å². The molecular formula is C22H24N4O4S2. The Morgan fingerprint density at radius 3 is 2.81 bits per heavy atom. The van der Waals surface area contributed by atoms with Gasteiger partial charge in [-0.1, -0.05) is 23.4 Å². The van der Waals surface area contributed by atoms with Crippen molar-refractivity contribution in [2.75, 3.05) is 24.5 Å². The predicted octanol–water partition coefficient (Wildman–Crippen LogP) is 3.40. The van der Waals surface area contributed by atoms with Crippen LogP contribution in [0.15, 0.2) is 39.8 Å². The summed E-state index contributed by atoms with van der Waals surface area (Å²) in [5.41, 5.74) is 2.12. The molecule has 5 rings (SSSR count). The molecular weight excluding hydrogens is 448 g/mol. The van der Waals surface area contributed by atoms with Crippen LogP contribution in [0.2, 0.25) is 0 Å². The van der Waals surface area contributed by atoms with Crippen LogP contribution in [-0.4, -0.2) is 48.4 Å². The molecule has 0 saturated carbocycles. The van der Waals surface area contributed by atoms with Gasteiger partial charge in [-0.25, -0.2) is 8.42 Å². The van der Waals surface area contributed by atoms with Crippen molar-refractivity contribution in [2.45, 2.75) is 38.0 Å². The van der Waals surface area contributed by atoms with Crippen molar-refractivity contribution in [1.82, 2.24) is 14.4 Å². The first-order valence-corrected chi connectivity index (χ1v) is 12.9. The van der Waals surface area contributed by atoms with Gasteiger partial charge < -0.3 is 9.42 Å². The molecule has 10 heteroatoms. The summed E-state index contributed by atoms with van der Waals surface area (Å²) >= 11 is 1.33. The summed E-state index contributed by atoms with van der Waals surface area (Å²) in [6.45, 7) is 4.74. The van der Waals surface area contributed by atoms with Crippen molar-refractivity contribution in [3.8, 4) is 10.7 Å². The third-order valence-electron chi connectivity index (χ3n) is 6.12. The van der Waals surface area contributed by atoms with Crippen LogP contribution in [0.3, 0.4) is 0 Å². The highest BCUT2D eigenvalue weighted by atomic mass is 32.2. The van der Waals surface area contributed by atoms with Gasteiger partial charge in [-0.05, 0) is 43.9 Å². The quantitative estimate of drug-likeness (QED) is 0.577. The zero-order chi connectivity index (χ0) is 22.5. The summed E-state index contributed by atoms with van der Waals surface area (Å²) in [4.78, 5) is 20.9. The van der Waals surface area contributed by atoms with Gasteiger partial charge in [-0.15, -0.1) is 11.3 Å². The Balaban J connectivity index is 1.37. The van der Waals surface area contributed by atoms with Crippen LogP contribution in [0.25, 0.3) is 10.7 Å². The van der Waals surface area contributed by atoms with Crippen molar-refractivity contribution in [3.05, 3.63) is 46.7 Å². The lowest BCUT2D eigenvalue weighted by Crippen LogP contribution is -2.46. The number of aromatic nitrogens is 2. The average molecular weight is 473 g/mol. The third-order valence-corrected chi connectivity index (χ3v) is 9.29. The van der Waals surface area contributed by atoms with Crippen LogP contribution < -0.4 is 4.90 Å². The molecule has 0 radical (unpaired) electrons. The molecule has 1 fully saturated rings. The van der Waals surface area contributed by atoms with Crippen molar-refractivity contribution in [3.63, 3.8) is 0 Å². The molecule has 2 aliphatic rings. The molecule has 0 unspecified atom stereocenters. The van der Waals surface area contributed by atoms with Gasteiger partial charge in [0.05, 0.1) is 15.7 Å². The number of nitrogens with zero attached hydrogens (tertiary/aromatic N) is 4. The van der Waals surface area contributed by atoms with E-state index in [0.717, 1.165) is 12.1 Å². The lowest BCUT2D eigenvalue weighted by atomic mass is 9.98. The maximum atomic E-state index is 13.5. The zero-order valence-electron chi connectivity index (χ0n) is 17.9. The Hall–Kier alpha value is -2.56. The number of hydrogen-bond acceptors (Lipinski definition) is 7. The predicted molar refractivity (Wildman–Crippen MR) is 121 cm³/mol. The molecule has 1 saturated heterocycles. The number of anilines is 1. The molecule has 2 aliphatic heterocycles. The molecule has 1 atom stereocenters. The Kier molecular flexibility index (Phi) is 5.39. The number of hydrogen-bond donors (Lipinski definition) is 0. The number of rotatable bonds is 4. The van der Waals surface area contributed by atoms with E-state index in [2.05, 4.69) is 10.1 Å². The molecule has 4 heterocycles. The van der Waals surface area contributed by atoms with Gasteiger partial charge in [0.2, 0.25) is 27.6 Å². The van der Waals surface area contributed by atoms with Gasteiger partial charge in [0.25, 0.3) is 0 Å². The van der Waals surface area contributed by atoms with E-state index >= 15 is 0 Å². The first-order chi connectivity index (χ1) is 15.3. The first-order valence-electron chi connectivity index (χ1n) is 10.6. The van der Waals surface area contributed by atoms with Crippen LogP contribution in [0.1, 0.15) is 29.2 Å². The van der Waals surface area contributed by atoms with E-state index < -0.39 is 10.0 Å². The molecule has 0 aliphatic carbocycles. The van der Waals surface area contributed by atoms with Gasteiger partial charge in [-0.3, -0.25) is 4.79 Å². The highest BCUT2D eigenvalue weighted by molar-refractivity contribution is 7.89. The maximum absolute atomic E-state index is 13.5. The summed E-state index contributed by atoms with van der Waals surface area (Å²) in [5.74, 6) is 0.482. The van der Waals surface area contributed by atoms with Crippen LogP contribution in [0.5, 0.6) is 0 Å². The fourth-order valence-electron chi connectivity index (χ4n) is 4.52. The van der Waals surface area contributed by atoms with E-state index in [4.69, 9.17) is 4.52 Å². The van der Waals surface area contributed by atoms with Crippen LogP contribution in [-0.2, 0) is 21.2 Å². The number of fused-ring (bicyclic) bond motifs is 1. The number of aryl methyl sites for hydroxylation is 2. The highest BCUT2D eigenvalue weighted by Crippen LogP contribution is 2.36. The van der Waals surface area contributed by atoms with E-state index in [0.29, 0.717) is 47.4 Å². The lowest BCUT2D eigenvalue weighted by molar-refractivity contribution is -0.123. The normalized spacial score (nSPS) is 19.3. The van der Waals surface area contributed by atoms with Gasteiger partial charge >= 0.3 is 0 Å². The van der Waals surface area contributed by atoms with E-state index in [9.17, 15) is 13.2 Å². The average Bonchev–Trinajstić information content (AvgIpc) is 3.51. The van der Waals surface area contributed by atoms with Gasteiger partial charge in [0, 0.05) is 37.1 Å². The Bertz CT molecular complexity index is 1280. The van der Waals surface area contributed by atoms with Gasteiger partial charge in [0.1, 0.15) is 0 Å². The van der Waals surface area contributed by atoms with Crippen molar-refractivity contribution < 1.29 is 17.7 Å². The molecule has 0 spiro atoms. The van der Waals surface area contributed by atoms with Crippen molar-refractivity contribution >= 4 is 33.0 Å². The number of sulfonamides is 1. The molecule has 0 N–H and O–H groups in total. The van der Waals surface area contributed by atoms with Gasteiger partial charge in [-0.2, -0.15) is 9.29 Å². The number of benzene rings is 1. The summed E-state index contributed by atoms with van der Waals surface area (Å²) in [5, 5.41) is 3.90. The number of carbonyl (C=O) groups is 1. The minimum Gasteiger partial charge on any atom is -0.339 e. The maximum Gasteiger partial charge on any atom is 0.244 e. The van der Waals surface area contributed by atoms with Gasteiger partial charge in [0.15, 0.2) is 0 Å². The number of para-hydroxylation sites is 1. The number of carbonyl (C=O) groups excluding carboxylic acids is 1. The standard InChI is InChI=1S/C22H24N4O4S2/c1-14-20(12-19(31-14)21-23-15(2)30-24-21)32(28,29)25-10-5-7-17(13-25)22(27)26-11-9-16-6-3-4-8-18(16)26/h3-4,6,8,12,17H,5,7,9-11,13H2,1-2H3/t17-/m0/s1. The second-order valence-corrected chi connectivity index (χ2v) is 11.4. The molecule has 168 valence electrons. The van der Waals surface area contributed by atoms with Crippen LogP contribution in [0.4, 0.5) is 5.69 Å². The minimum atomic E-state index is -3.74. The summed E-state index contributed by atoms with van der Waals surface area (Å²) in [7, 11) is -3.74. The fourth-order valence-corrected chi connectivity index (χ4v) is 7.53. The Labute approximate surface area is 190 Å². The van der Waals surface area contributed by atoms with E-state index in [1.165, 1.54) is 21.2 Å². The summed E-state index contributed by atoms with van der Waals surface area (Å²) in [6, 6.07) is 9.54. The Morgan fingerprint density at radius 2 is 2.03 bits per heavy atom. The molecule has 2 aromatic heterocycles. The molecule has 8 nitrogen and oxygen atoms in total. The fraction of sp³-hybridized carbons (Fsp3) is 0.409. The third kappa shape index (κ3) is 3.66. The smallest absolute Gasteiger partial charge is 0.244 e. The first kappa shape index (κ1) is 21.3. The monoisotopic (exact) mass is 472 g/mol. The van der Waals surface area contributed by atoms with E-state index in [1.807, 2.05) is 29.2 Å². The topological polar surface area (TPSA) is 96.6 Å². The Morgan fingerprint density at radius 1 is 1.22 bits per heavy atom. The number of piperidine rings is 1. The second kappa shape index (κ2) is 8.09. The minimum absolute atomic E-state index is 0.0138. The zero-order valence-corrected chi connectivity index (χ0v) is 19.6. The second-order valence-electron chi connectivity index (χ2n) is 8.24. The molecule has 0 bridgehead atoms. The summed E-state index contributed by atoms with van der Waals surface area (Å²) < 4.78 is 33.5. The SMILES string of the molecule is Cc1nc(-c2cc(S(=O)(=O)N3CCC[C@H](C(=O)N4CCc5ccccc54)C3)c(C)s2)no1. The van der Waals surface area contributed by atoms with Crippen molar-refractivity contribution in [2.24, 2.45) is 5.92 Å². The number of amides is 1. The molecule has 3 aromatic rings. The molecule has 1 aromatic carbocycles. The van der Waals surface area contributed by atoms with Crippen LogP contribution >= 0.6 is 11.3 Å². The van der Waals surface area contributed by atoms with E-state index in [1.54, 1.807) is 19.9 Å². The largest absolute Gasteiger partial charge is 0.339 e. The number of thiophene rings is 1. The highest BCUT2D eigenvalue weighted by Gasteiger charge is 2.38.